The minimum Gasteiger partial charge on any atom is -0.394 e. The van der Waals surface area contributed by atoms with Gasteiger partial charge in [0.1, 0.15) is 73.2 Å². The maximum Gasteiger partial charge on any atom is 0.187 e. The van der Waals surface area contributed by atoms with Crippen molar-refractivity contribution in [3.8, 4) is 0 Å². The van der Waals surface area contributed by atoms with Crippen LogP contribution in [-0.4, -0.2) is 170 Å². The predicted molar refractivity (Wildman–Crippen MR) is 106 cm³/mol. The number of hydrogen-bond donors (Lipinski definition) is 10. The van der Waals surface area contributed by atoms with Crippen LogP contribution in [0.2, 0.25) is 0 Å². The molecule has 9 unspecified atom stereocenters. The van der Waals surface area contributed by atoms with E-state index >= 15 is 0 Å². The first-order valence-corrected chi connectivity index (χ1v) is 11.0. The molecule has 206 valence electrons. The largest absolute Gasteiger partial charge is 0.394 e. The van der Waals surface area contributed by atoms with Gasteiger partial charge < -0.3 is 79.5 Å². The van der Waals surface area contributed by atoms with Gasteiger partial charge in [-0.15, -0.1) is 0 Å². The smallest absolute Gasteiger partial charge is 0.187 e. The fourth-order valence-electron chi connectivity index (χ4n) is 4.13. The van der Waals surface area contributed by atoms with Crippen molar-refractivity contribution < 1.29 is 79.5 Å². The van der Waals surface area contributed by atoms with Gasteiger partial charge in [0.2, 0.25) is 0 Å². The monoisotopic (exact) mass is 518 g/mol. The van der Waals surface area contributed by atoms with E-state index in [1.54, 1.807) is 0 Å². The lowest BCUT2D eigenvalue weighted by Crippen LogP contribution is -2.65. The fourth-order valence-corrected chi connectivity index (χ4v) is 4.13. The lowest BCUT2D eigenvalue weighted by molar-refractivity contribution is -0.364. The van der Waals surface area contributed by atoms with E-state index in [1.165, 1.54) is 7.11 Å². The van der Waals surface area contributed by atoms with Crippen LogP contribution in [0.4, 0.5) is 0 Å². The van der Waals surface area contributed by atoms with Crippen molar-refractivity contribution in [3.05, 3.63) is 0 Å². The zero-order chi connectivity index (χ0) is 26.0. The number of hydrogen-bond acceptors (Lipinski definition) is 16. The maximum atomic E-state index is 10.8. The molecule has 0 aromatic heterocycles. The molecule has 3 saturated heterocycles. The molecule has 0 radical (unpaired) electrons. The van der Waals surface area contributed by atoms with Crippen LogP contribution in [0.3, 0.4) is 0 Å². The summed E-state index contributed by atoms with van der Waals surface area (Å²) in [6.07, 6.45) is -23.5. The Kier molecular flexibility index (Phi) is 10.1. The molecule has 3 rings (SSSR count). The molecule has 0 aliphatic carbocycles. The second kappa shape index (κ2) is 12.3. The topological polar surface area (TPSA) is 258 Å². The van der Waals surface area contributed by atoms with Crippen LogP contribution in [-0.2, 0) is 28.4 Å². The highest BCUT2D eigenvalue weighted by Crippen LogP contribution is 2.30. The summed E-state index contributed by atoms with van der Waals surface area (Å²) in [5, 5.41) is 99.9. The number of methoxy groups -OCH3 is 1. The third-order valence-corrected chi connectivity index (χ3v) is 6.29. The van der Waals surface area contributed by atoms with Gasteiger partial charge in [0.05, 0.1) is 19.8 Å². The van der Waals surface area contributed by atoms with Crippen LogP contribution in [0.1, 0.15) is 0 Å². The van der Waals surface area contributed by atoms with Gasteiger partial charge in [-0.2, -0.15) is 0 Å². The molecule has 0 amide bonds. The fraction of sp³-hybridized carbons (Fsp3) is 1.00. The Hall–Kier alpha value is -0.640. The molecular weight excluding hydrogens is 484 g/mol. The van der Waals surface area contributed by atoms with Crippen molar-refractivity contribution in [2.75, 3.05) is 26.9 Å². The molecule has 16 heteroatoms. The van der Waals surface area contributed by atoms with Crippen molar-refractivity contribution in [1.29, 1.82) is 0 Å². The Morgan fingerprint density at radius 1 is 0.543 bits per heavy atom. The summed E-state index contributed by atoms with van der Waals surface area (Å²) in [6, 6.07) is 0. The third kappa shape index (κ3) is 5.93. The van der Waals surface area contributed by atoms with Crippen LogP contribution < -0.4 is 0 Å². The van der Waals surface area contributed by atoms with E-state index in [-0.39, 0.29) is 0 Å². The summed E-state index contributed by atoms with van der Waals surface area (Å²) in [7, 11) is 1.19. The van der Waals surface area contributed by atoms with E-state index in [0.29, 0.717) is 0 Å². The van der Waals surface area contributed by atoms with Crippen molar-refractivity contribution in [3.63, 3.8) is 0 Å². The van der Waals surface area contributed by atoms with Crippen LogP contribution in [0.15, 0.2) is 0 Å². The lowest BCUT2D eigenvalue weighted by Gasteiger charge is -2.46. The SMILES string of the molecule is CO[C@H]1OC(CO[C@@H]2OC(CO)[C@@H](O)C(O)C2O)[C@@H](O)C(O[C@@H]2OC(CO)[C@@H](O)C(O)C2O)C1O. The van der Waals surface area contributed by atoms with Crippen LogP contribution >= 0.6 is 0 Å². The highest BCUT2D eigenvalue weighted by Gasteiger charge is 2.51. The summed E-state index contributed by atoms with van der Waals surface area (Å²) >= 11 is 0. The van der Waals surface area contributed by atoms with E-state index in [4.69, 9.17) is 28.4 Å². The van der Waals surface area contributed by atoms with Crippen molar-refractivity contribution >= 4 is 0 Å². The summed E-state index contributed by atoms with van der Waals surface area (Å²) in [4.78, 5) is 0. The average molecular weight is 518 g/mol. The molecule has 35 heavy (non-hydrogen) atoms. The number of aliphatic hydroxyl groups excluding tert-OH is 10. The molecule has 0 aromatic carbocycles. The average Bonchev–Trinajstić information content (AvgIpc) is 2.85. The molecule has 3 fully saturated rings. The van der Waals surface area contributed by atoms with Gasteiger partial charge in [0.15, 0.2) is 18.9 Å². The molecule has 3 heterocycles. The Labute approximate surface area is 199 Å². The molecular formula is C19H34O16. The Bertz CT molecular complexity index is 652. The first kappa shape index (κ1) is 28.9. The normalized spacial score (nSPS) is 51.3. The predicted octanol–water partition coefficient (Wildman–Crippen LogP) is -6.92. The number of aliphatic hydroxyl groups is 10. The van der Waals surface area contributed by atoms with Gasteiger partial charge in [-0.05, 0) is 0 Å². The zero-order valence-corrected chi connectivity index (χ0v) is 18.7. The van der Waals surface area contributed by atoms with Gasteiger partial charge in [0.25, 0.3) is 0 Å². The van der Waals surface area contributed by atoms with Gasteiger partial charge >= 0.3 is 0 Å². The van der Waals surface area contributed by atoms with E-state index < -0.39 is 112 Å². The molecule has 15 atom stereocenters. The van der Waals surface area contributed by atoms with E-state index in [1.807, 2.05) is 0 Å². The molecule has 10 N–H and O–H groups in total. The summed E-state index contributed by atoms with van der Waals surface area (Å²) in [5.41, 5.74) is 0. The minimum atomic E-state index is -1.81. The third-order valence-electron chi connectivity index (χ3n) is 6.29. The van der Waals surface area contributed by atoms with E-state index in [0.717, 1.165) is 0 Å². The van der Waals surface area contributed by atoms with Crippen LogP contribution in [0.25, 0.3) is 0 Å². The van der Waals surface area contributed by atoms with Crippen molar-refractivity contribution in [2.45, 2.75) is 92.1 Å². The standard InChI is InChI=1S/C19H34O16/c1-30-17-15(29)16(35-19-14(28)12(26)9(23)6(3-21)33-19)10(24)7(34-17)4-31-18-13(27)11(25)8(22)5(2-20)32-18/h5-29H,2-4H2,1H3/t5?,6?,7?,8-,9-,10-,11?,12?,13?,14?,15?,16?,17+,18-,19+/m1/s1. The first-order valence-electron chi connectivity index (χ1n) is 11.0. The van der Waals surface area contributed by atoms with Crippen molar-refractivity contribution in [1.82, 2.24) is 0 Å². The zero-order valence-electron chi connectivity index (χ0n) is 18.7. The summed E-state index contributed by atoms with van der Waals surface area (Å²) < 4.78 is 31.9. The van der Waals surface area contributed by atoms with Gasteiger partial charge in [0, 0.05) is 7.11 Å². The second-order valence-electron chi connectivity index (χ2n) is 8.59. The molecule has 3 aliphatic heterocycles. The van der Waals surface area contributed by atoms with E-state index in [9.17, 15) is 51.1 Å². The maximum absolute atomic E-state index is 10.8. The number of rotatable bonds is 8. The molecule has 0 spiro atoms. The molecule has 16 nitrogen and oxygen atoms in total. The van der Waals surface area contributed by atoms with E-state index in [2.05, 4.69) is 0 Å². The molecule has 3 aliphatic rings. The summed E-state index contributed by atoms with van der Waals surface area (Å²) in [5.74, 6) is 0. The van der Waals surface area contributed by atoms with Crippen LogP contribution in [0, 0.1) is 0 Å². The van der Waals surface area contributed by atoms with Crippen LogP contribution in [0.5, 0.6) is 0 Å². The van der Waals surface area contributed by atoms with Gasteiger partial charge in [-0.1, -0.05) is 0 Å². The quantitative estimate of drug-likeness (QED) is 0.143. The Balaban J connectivity index is 1.69. The highest BCUT2D eigenvalue weighted by atomic mass is 16.7. The lowest BCUT2D eigenvalue weighted by atomic mass is 9.97. The Morgan fingerprint density at radius 2 is 1.03 bits per heavy atom. The molecule has 0 bridgehead atoms. The first-order chi connectivity index (χ1) is 16.5. The van der Waals surface area contributed by atoms with Crippen molar-refractivity contribution in [2.24, 2.45) is 0 Å². The molecule has 0 saturated carbocycles. The van der Waals surface area contributed by atoms with Gasteiger partial charge in [-0.25, -0.2) is 0 Å². The highest BCUT2D eigenvalue weighted by molar-refractivity contribution is 4.95. The second-order valence-corrected chi connectivity index (χ2v) is 8.59. The Morgan fingerprint density at radius 3 is 1.54 bits per heavy atom. The number of ether oxygens (including phenoxy) is 6. The molecule has 0 aromatic rings. The minimum absolute atomic E-state index is 0.523. The van der Waals surface area contributed by atoms with Gasteiger partial charge in [-0.3, -0.25) is 0 Å². The summed E-state index contributed by atoms with van der Waals surface area (Å²) in [6.45, 7) is -1.93.